The minimum atomic E-state index is -0.522. The van der Waals surface area contributed by atoms with E-state index in [-0.39, 0.29) is 34.7 Å². The number of fused-ring (bicyclic) bond motifs is 1. The number of carbonyl (C=O) groups is 1. The third kappa shape index (κ3) is 5.10. The normalized spacial score (nSPS) is 11.9. The highest BCUT2D eigenvalue weighted by Crippen LogP contribution is 2.17. The Morgan fingerprint density at radius 2 is 2.08 bits per heavy atom. The summed E-state index contributed by atoms with van der Waals surface area (Å²) < 4.78 is 0.575. The summed E-state index contributed by atoms with van der Waals surface area (Å²) in [6, 6.07) is 6.75. The first-order chi connectivity index (χ1) is 11.2. The van der Waals surface area contributed by atoms with Gasteiger partial charge in [-0.25, -0.2) is 4.98 Å². The smallest absolute Gasteiger partial charge is 0.319 e. The molecule has 0 saturated heterocycles. The molecule has 0 fully saturated rings. The van der Waals surface area contributed by atoms with Gasteiger partial charge in [-0.15, -0.1) is 12.4 Å². The van der Waals surface area contributed by atoms with Crippen LogP contribution in [0.25, 0.3) is 11.0 Å². The molecule has 0 aliphatic heterocycles. The topological polar surface area (TPSA) is 128 Å². The molecule has 136 valence electrons. The first-order valence-electron chi connectivity index (χ1n) is 7.17. The summed E-state index contributed by atoms with van der Waals surface area (Å²) >= 11 is 0.979. The fourth-order valence-corrected chi connectivity index (χ4v) is 2.60. The van der Waals surface area contributed by atoms with Crippen molar-refractivity contribution in [1.29, 1.82) is 0 Å². The van der Waals surface area contributed by atoms with Gasteiger partial charge < -0.3 is 21.5 Å². The summed E-state index contributed by atoms with van der Waals surface area (Å²) in [6.07, 6.45) is 0. The zero-order valence-electron chi connectivity index (χ0n) is 14.0. The number of aromatic nitrogens is 2. The zero-order chi connectivity index (χ0) is 17.9. The maximum Gasteiger partial charge on any atom is 0.319 e. The van der Waals surface area contributed by atoms with E-state index in [4.69, 9.17) is 10.9 Å². The molecular formula is C15H20ClN5O3S. The number of rotatable bonds is 3. The van der Waals surface area contributed by atoms with Crippen molar-refractivity contribution in [2.45, 2.75) is 32.1 Å². The summed E-state index contributed by atoms with van der Waals surface area (Å²) in [5.41, 5.74) is 5.88. The standard InChI is InChI=1S/C15H19N5O3S.ClH/c1-15(2,3)18-13(21)12-10(8-24-14(16)19-22)17-9-6-4-5-7-11(9)20(12)23;/h4-7,22H,8H2,1-3H3,(H2,16,19)(H,18,21);1H. The predicted octanol–water partition coefficient (Wildman–Crippen LogP) is 1.76. The number of amidine groups is 1. The SMILES string of the molecule is CC(C)(C)NC(=O)c1c(CS/C(N)=N/O)nc2ccccc2[n+]1[O-].Cl. The fraction of sp³-hybridized carbons (Fsp3) is 0.333. The van der Waals surface area contributed by atoms with E-state index in [2.05, 4.69) is 15.5 Å². The van der Waals surface area contributed by atoms with Crippen LogP contribution in [0.4, 0.5) is 0 Å². The molecular weight excluding hydrogens is 366 g/mol. The minimum absolute atomic E-state index is 0. The second-order valence-corrected chi connectivity index (χ2v) is 7.12. The van der Waals surface area contributed by atoms with Crippen LogP contribution in [-0.2, 0) is 5.75 Å². The molecule has 0 saturated carbocycles. The minimum Gasteiger partial charge on any atom is -0.618 e. The van der Waals surface area contributed by atoms with Gasteiger partial charge in [0, 0.05) is 11.6 Å². The van der Waals surface area contributed by atoms with Gasteiger partial charge in [-0.1, -0.05) is 29.1 Å². The first kappa shape index (κ1) is 20.8. The maximum atomic E-state index is 12.7. The van der Waals surface area contributed by atoms with Gasteiger partial charge in [0.25, 0.3) is 0 Å². The Balaban J connectivity index is 0.00000312. The number of benzene rings is 1. The summed E-state index contributed by atoms with van der Waals surface area (Å²) in [4.78, 5) is 17.0. The molecule has 0 aliphatic rings. The van der Waals surface area contributed by atoms with Crippen molar-refractivity contribution in [3.8, 4) is 0 Å². The van der Waals surface area contributed by atoms with Crippen molar-refractivity contribution in [2.24, 2.45) is 10.9 Å². The summed E-state index contributed by atoms with van der Waals surface area (Å²) in [5.74, 6) is -0.401. The first-order valence-corrected chi connectivity index (χ1v) is 8.15. The molecule has 1 aromatic carbocycles. The van der Waals surface area contributed by atoms with Gasteiger partial charge >= 0.3 is 11.6 Å². The van der Waals surface area contributed by atoms with E-state index in [0.717, 1.165) is 11.8 Å². The number of amides is 1. The number of nitrogens with one attached hydrogen (secondary N) is 1. The van der Waals surface area contributed by atoms with Gasteiger partial charge in [0.2, 0.25) is 5.52 Å². The van der Waals surface area contributed by atoms with Crippen LogP contribution in [0.15, 0.2) is 29.4 Å². The van der Waals surface area contributed by atoms with Gasteiger partial charge in [-0.2, -0.15) is 4.73 Å². The molecule has 1 heterocycles. The third-order valence-electron chi connectivity index (χ3n) is 2.99. The Labute approximate surface area is 155 Å². The van der Waals surface area contributed by atoms with Gasteiger partial charge in [-0.3, -0.25) is 4.79 Å². The molecule has 0 unspecified atom stereocenters. The number of carbonyl (C=O) groups excluding carboxylic acids is 1. The van der Waals surface area contributed by atoms with Gasteiger partial charge in [0.1, 0.15) is 11.2 Å². The zero-order valence-corrected chi connectivity index (χ0v) is 15.6. The maximum absolute atomic E-state index is 12.7. The number of nitrogens with zero attached hydrogens (tertiary/aromatic N) is 3. The molecule has 10 heteroatoms. The lowest BCUT2D eigenvalue weighted by molar-refractivity contribution is -0.580. The van der Waals surface area contributed by atoms with Crippen LogP contribution >= 0.6 is 24.2 Å². The summed E-state index contributed by atoms with van der Waals surface area (Å²) in [7, 11) is 0. The number of hydrogen-bond acceptors (Lipinski definition) is 6. The molecule has 2 rings (SSSR count). The Bertz CT molecular complexity index is 808. The van der Waals surface area contributed by atoms with Crippen LogP contribution in [0.5, 0.6) is 0 Å². The number of para-hydroxylation sites is 2. The van der Waals surface area contributed by atoms with Crippen molar-refractivity contribution < 1.29 is 14.7 Å². The van der Waals surface area contributed by atoms with Gasteiger partial charge in [-0.05, 0) is 26.8 Å². The highest BCUT2D eigenvalue weighted by Gasteiger charge is 2.28. The highest BCUT2D eigenvalue weighted by molar-refractivity contribution is 8.13. The quantitative estimate of drug-likeness (QED) is 0.184. The molecule has 1 aromatic heterocycles. The second kappa shape index (κ2) is 8.21. The van der Waals surface area contributed by atoms with Gasteiger partial charge in [0.05, 0.1) is 5.75 Å². The Hall–Kier alpha value is -2.26. The Kier molecular flexibility index (Phi) is 6.83. The van der Waals surface area contributed by atoms with Crippen molar-refractivity contribution >= 4 is 46.3 Å². The number of halogens is 1. The molecule has 1 amide bonds. The lowest BCUT2D eigenvalue weighted by Gasteiger charge is -2.20. The fourth-order valence-electron chi connectivity index (χ4n) is 2.06. The number of hydrogen-bond donors (Lipinski definition) is 3. The van der Waals surface area contributed by atoms with Crippen LogP contribution in [0.3, 0.4) is 0 Å². The largest absolute Gasteiger partial charge is 0.618 e. The third-order valence-corrected chi connectivity index (χ3v) is 3.79. The molecule has 0 bridgehead atoms. The summed E-state index contributed by atoms with van der Waals surface area (Å²) in [5, 5.41) is 26.9. The van der Waals surface area contributed by atoms with E-state index < -0.39 is 11.4 Å². The molecule has 0 atom stereocenters. The average Bonchev–Trinajstić information content (AvgIpc) is 2.50. The molecule has 8 nitrogen and oxygen atoms in total. The molecule has 0 aliphatic carbocycles. The Morgan fingerprint density at radius 1 is 1.44 bits per heavy atom. The van der Waals surface area contributed by atoms with Crippen molar-refractivity contribution in [3.05, 3.63) is 40.9 Å². The second-order valence-electron chi connectivity index (χ2n) is 6.12. The number of nitrogens with two attached hydrogens (primary N) is 1. The average molecular weight is 386 g/mol. The number of oxime groups is 1. The van der Waals surface area contributed by atoms with Crippen LogP contribution in [0.1, 0.15) is 37.0 Å². The van der Waals surface area contributed by atoms with Crippen molar-refractivity contribution in [1.82, 2.24) is 10.3 Å². The molecule has 4 N–H and O–H groups in total. The van der Waals surface area contributed by atoms with E-state index in [1.807, 2.05) is 20.8 Å². The van der Waals surface area contributed by atoms with Crippen LogP contribution in [0, 0.1) is 5.21 Å². The van der Waals surface area contributed by atoms with E-state index in [0.29, 0.717) is 15.8 Å². The van der Waals surface area contributed by atoms with E-state index in [1.54, 1.807) is 24.3 Å². The summed E-state index contributed by atoms with van der Waals surface area (Å²) in [6.45, 7) is 5.46. The molecule has 25 heavy (non-hydrogen) atoms. The lowest BCUT2D eigenvalue weighted by atomic mass is 10.1. The molecule has 2 aromatic rings. The van der Waals surface area contributed by atoms with Crippen molar-refractivity contribution in [3.63, 3.8) is 0 Å². The van der Waals surface area contributed by atoms with Crippen LogP contribution in [0.2, 0.25) is 0 Å². The molecule has 0 radical (unpaired) electrons. The monoisotopic (exact) mass is 385 g/mol. The molecule has 0 spiro atoms. The van der Waals surface area contributed by atoms with Crippen molar-refractivity contribution in [2.75, 3.05) is 0 Å². The van der Waals surface area contributed by atoms with Crippen LogP contribution < -0.4 is 15.8 Å². The van der Waals surface area contributed by atoms with E-state index >= 15 is 0 Å². The van der Waals surface area contributed by atoms with Gasteiger partial charge in [0.15, 0.2) is 5.17 Å². The van der Waals surface area contributed by atoms with Crippen LogP contribution in [-0.4, -0.2) is 26.8 Å². The van der Waals surface area contributed by atoms with E-state index in [1.165, 1.54) is 0 Å². The number of thioether (sulfide) groups is 1. The lowest BCUT2D eigenvalue weighted by Crippen LogP contribution is -2.47. The predicted molar refractivity (Wildman–Crippen MR) is 99.9 cm³/mol. The highest BCUT2D eigenvalue weighted by atomic mass is 35.5. The Morgan fingerprint density at radius 3 is 2.68 bits per heavy atom. The van der Waals surface area contributed by atoms with E-state index in [9.17, 15) is 10.0 Å².